The second-order valence-electron chi connectivity index (χ2n) is 3.37. The molecule has 0 amide bonds. The van der Waals surface area contributed by atoms with Gasteiger partial charge in [-0.2, -0.15) is 11.8 Å². The number of hydrogen-bond donors (Lipinski definition) is 1. The molecular weight excluding hydrogens is 226 g/mol. The summed E-state index contributed by atoms with van der Waals surface area (Å²) in [5, 5.41) is 0. The number of esters is 1. The molecule has 1 rings (SSSR count). The van der Waals surface area contributed by atoms with Crippen molar-refractivity contribution in [1.29, 1.82) is 0 Å². The highest BCUT2D eigenvalue weighted by molar-refractivity contribution is 7.99. The van der Waals surface area contributed by atoms with E-state index in [1.54, 1.807) is 18.0 Å². The third-order valence-corrected chi connectivity index (χ3v) is 3.27. The van der Waals surface area contributed by atoms with Crippen LogP contribution in [0.5, 0.6) is 0 Å². The van der Waals surface area contributed by atoms with Gasteiger partial charge in [0.05, 0.1) is 7.11 Å². The number of nitrogens with two attached hydrogens (primary N) is 1. The summed E-state index contributed by atoms with van der Waals surface area (Å²) in [7, 11) is 1.35. The van der Waals surface area contributed by atoms with Crippen LogP contribution in [0, 0.1) is 6.92 Å². The summed E-state index contributed by atoms with van der Waals surface area (Å²) in [6.07, 6.45) is 3.72. The largest absolute Gasteiger partial charge is 0.468 e. The van der Waals surface area contributed by atoms with Crippen molar-refractivity contribution in [2.24, 2.45) is 5.73 Å². The topological polar surface area (TPSA) is 70.1 Å². The fourth-order valence-electron chi connectivity index (χ4n) is 1.23. The average molecular weight is 243 g/mol. The molecule has 1 heterocycles. The van der Waals surface area contributed by atoms with Crippen LogP contribution in [0.25, 0.3) is 0 Å². The van der Waals surface area contributed by atoms with Gasteiger partial charge in [-0.05, 0) is 6.92 Å². The van der Waals surface area contributed by atoms with E-state index in [-0.39, 0.29) is 5.97 Å². The first kappa shape index (κ1) is 13.1. The quantitative estimate of drug-likeness (QED) is 0.579. The summed E-state index contributed by atoms with van der Waals surface area (Å²) in [6, 6.07) is -0.529. The van der Waals surface area contributed by atoms with Crippen LogP contribution in [0.2, 0.25) is 0 Å². The van der Waals surface area contributed by atoms with Crippen LogP contribution in [0.15, 0.2) is 12.4 Å². The number of hydrogen-bond acceptors (Lipinski definition) is 5. The van der Waals surface area contributed by atoms with Gasteiger partial charge in [0.1, 0.15) is 11.9 Å². The van der Waals surface area contributed by atoms with E-state index in [4.69, 9.17) is 5.73 Å². The number of nitrogens with zero attached hydrogens (tertiary/aromatic N) is 2. The Labute approximate surface area is 99.4 Å². The number of ether oxygens (including phenoxy) is 1. The monoisotopic (exact) mass is 243 g/mol. The summed E-state index contributed by atoms with van der Waals surface area (Å²) < 4.78 is 6.61. The number of methoxy groups -OCH3 is 1. The zero-order valence-electron chi connectivity index (χ0n) is 9.55. The molecule has 1 unspecified atom stereocenters. The predicted octanol–water partition coefficient (Wildman–Crippen LogP) is 0.425. The molecule has 1 atom stereocenters. The van der Waals surface area contributed by atoms with E-state index < -0.39 is 6.04 Å². The third-order valence-electron chi connectivity index (χ3n) is 2.20. The fraction of sp³-hybridized carbons (Fsp3) is 0.600. The second kappa shape index (κ2) is 6.55. The van der Waals surface area contributed by atoms with Gasteiger partial charge >= 0.3 is 5.97 Å². The van der Waals surface area contributed by atoms with Crippen LogP contribution >= 0.6 is 11.8 Å². The van der Waals surface area contributed by atoms with E-state index >= 15 is 0 Å². The van der Waals surface area contributed by atoms with E-state index in [2.05, 4.69) is 14.3 Å². The molecule has 1 aromatic heterocycles. The SMILES string of the molecule is COC(=O)C(N)CSCCn1ccnc1C. The molecule has 5 nitrogen and oxygen atoms in total. The summed E-state index contributed by atoms with van der Waals surface area (Å²) in [5.41, 5.74) is 5.60. The van der Waals surface area contributed by atoms with Gasteiger partial charge in [-0.15, -0.1) is 0 Å². The molecule has 0 radical (unpaired) electrons. The van der Waals surface area contributed by atoms with E-state index in [1.807, 2.05) is 13.1 Å². The van der Waals surface area contributed by atoms with Crippen molar-refractivity contribution in [3.8, 4) is 0 Å². The van der Waals surface area contributed by atoms with Gasteiger partial charge in [0.15, 0.2) is 0 Å². The molecule has 0 aliphatic carbocycles. The summed E-state index contributed by atoms with van der Waals surface area (Å²) in [5.74, 6) is 2.13. The lowest BCUT2D eigenvalue weighted by atomic mass is 10.4. The van der Waals surface area contributed by atoms with Crippen molar-refractivity contribution in [3.05, 3.63) is 18.2 Å². The van der Waals surface area contributed by atoms with Gasteiger partial charge in [0.25, 0.3) is 0 Å². The standard InChI is InChI=1S/C10H17N3O2S/c1-8-12-3-4-13(8)5-6-16-7-9(11)10(14)15-2/h3-4,9H,5-7,11H2,1-2H3. The van der Waals surface area contributed by atoms with Crippen molar-refractivity contribution in [2.75, 3.05) is 18.6 Å². The van der Waals surface area contributed by atoms with Gasteiger partial charge < -0.3 is 15.0 Å². The Kier molecular flexibility index (Phi) is 5.34. The molecular formula is C10H17N3O2S. The van der Waals surface area contributed by atoms with Crippen molar-refractivity contribution in [3.63, 3.8) is 0 Å². The molecule has 90 valence electrons. The van der Waals surface area contributed by atoms with Crippen LogP contribution < -0.4 is 5.73 Å². The summed E-state index contributed by atoms with van der Waals surface area (Å²) in [6.45, 7) is 2.84. The lowest BCUT2D eigenvalue weighted by Gasteiger charge is -2.09. The highest BCUT2D eigenvalue weighted by Crippen LogP contribution is 2.05. The van der Waals surface area contributed by atoms with Gasteiger partial charge in [-0.1, -0.05) is 0 Å². The first-order valence-corrected chi connectivity index (χ1v) is 6.19. The van der Waals surface area contributed by atoms with E-state index in [0.717, 1.165) is 18.1 Å². The van der Waals surface area contributed by atoms with Crippen LogP contribution in [0.1, 0.15) is 5.82 Å². The molecule has 0 aliphatic heterocycles. The lowest BCUT2D eigenvalue weighted by molar-refractivity contribution is -0.141. The highest BCUT2D eigenvalue weighted by Gasteiger charge is 2.12. The first-order chi connectivity index (χ1) is 7.65. The Balaban J connectivity index is 2.17. The number of aryl methyl sites for hydroxylation is 2. The number of aromatic nitrogens is 2. The fourth-order valence-corrected chi connectivity index (χ4v) is 2.12. The van der Waals surface area contributed by atoms with Crippen molar-refractivity contribution in [1.82, 2.24) is 9.55 Å². The number of imidazole rings is 1. The van der Waals surface area contributed by atoms with Crippen molar-refractivity contribution in [2.45, 2.75) is 19.5 Å². The maximum absolute atomic E-state index is 11.0. The minimum absolute atomic E-state index is 0.355. The molecule has 0 aliphatic rings. The Bertz CT molecular complexity index is 341. The number of carbonyl (C=O) groups excluding carboxylic acids is 1. The number of carbonyl (C=O) groups is 1. The molecule has 0 saturated heterocycles. The second-order valence-corrected chi connectivity index (χ2v) is 4.52. The van der Waals surface area contributed by atoms with Crippen molar-refractivity contribution >= 4 is 17.7 Å². The summed E-state index contributed by atoms with van der Waals surface area (Å²) in [4.78, 5) is 15.1. The zero-order valence-corrected chi connectivity index (χ0v) is 10.4. The Hall–Kier alpha value is -1.01. The molecule has 0 spiro atoms. The van der Waals surface area contributed by atoms with Gasteiger partial charge in [-0.3, -0.25) is 4.79 Å². The van der Waals surface area contributed by atoms with Gasteiger partial charge in [0, 0.05) is 30.4 Å². The zero-order chi connectivity index (χ0) is 12.0. The Morgan fingerprint density at radius 1 is 1.75 bits per heavy atom. The van der Waals surface area contributed by atoms with E-state index in [9.17, 15) is 4.79 Å². The number of thioether (sulfide) groups is 1. The highest BCUT2D eigenvalue weighted by atomic mass is 32.2. The molecule has 16 heavy (non-hydrogen) atoms. The molecule has 0 fully saturated rings. The van der Waals surface area contributed by atoms with Crippen LogP contribution in [-0.2, 0) is 16.1 Å². The minimum atomic E-state index is -0.529. The smallest absolute Gasteiger partial charge is 0.323 e. The van der Waals surface area contributed by atoms with Gasteiger partial charge in [-0.25, -0.2) is 4.98 Å². The molecule has 1 aromatic rings. The maximum Gasteiger partial charge on any atom is 0.323 e. The molecule has 2 N–H and O–H groups in total. The maximum atomic E-state index is 11.0. The van der Waals surface area contributed by atoms with E-state index in [0.29, 0.717) is 5.75 Å². The third kappa shape index (κ3) is 3.86. The molecule has 6 heteroatoms. The molecule has 0 bridgehead atoms. The molecule has 0 aromatic carbocycles. The minimum Gasteiger partial charge on any atom is -0.468 e. The van der Waals surface area contributed by atoms with Crippen LogP contribution in [0.3, 0.4) is 0 Å². The average Bonchev–Trinajstić information content (AvgIpc) is 2.69. The summed E-state index contributed by atoms with van der Waals surface area (Å²) >= 11 is 1.64. The predicted molar refractivity (Wildman–Crippen MR) is 64.3 cm³/mol. The first-order valence-electron chi connectivity index (χ1n) is 5.04. The Morgan fingerprint density at radius 2 is 2.50 bits per heavy atom. The van der Waals surface area contributed by atoms with Crippen LogP contribution in [0.4, 0.5) is 0 Å². The molecule has 0 saturated carbocycles. The number of rotatable bonds is 6. The van der Waals surface area contributed by atoms with Gasteiger partial charge in [0.2, 0.25) is 0 Å². The normalized spacial score (nSPS) is 12.4. The van der Waals surface area contributed by atoms with Crippen molar-refractivity contribution < 1.29 is 9.53 Å². The van der Waals surface area contributed by atoms with Crippen LogP contribution in [-0.4, -0.2) is 40.2 Å². The lowest BCUT2D eigenvalue weighted by Crippen LogP contribution is -2.34. The Morgan fingerprint density at radius 3 is 3.06 bits per heavy atom. The van der Waals surface area contributed by atoms with E-state index in [1.165, 1.54) is 7.11 Å².